The summed E-state index contributed by atoms with van der Waals surface area (Å²) in [5.41, 5.74) is 0.568. The molecular formula is C20H30FN3O3. The van der Waals surface area contributed by atoms with Crippen molar-refractivity contribution in [2.24, 2.45) is 5.92 Å². The van der Waals surface area contributed by atoms with Crippen molar-refractivity contribution in [1.82, 2.24) is 14.7 Å². The number of nitrogens with zero attached hydrogens (tertiary/aromatic N) is 3. The monoisotopic (exact) mass is 379 g/mol. The minimum atomic E-state index is -0.805. The van der Waals surface area contributed by atoms with E-state index in [1.165, 1.54) is 6.07 Å². The van der Waals surface area contributed by atoms with Gasteiger partial charge in [0.25, 0.3) is 0 Å². The van der Waals surface area contributed by atoms with Gasteiger partial charge in [0.1, 0.15) is 5.82 Å². The number of hydrogen-bond donors (Lipinski definition) is 1. The van der Waals surface area contributed by atoms with Crippen LogP contribution in [0.15, 0.2) is 24.3 Å². The number of aliphatic carboxylic acids is 1. The molecule has 0 aliphatic carbocycles. The molecule has 2 rings (SSSR count). The van der Waals surface area contributed by atoms with Gasteiger partial charge in [0.2, 0.25) is 5.91 Å². The summed E-state index contributed by atoms with van der Waals surface area (Å²) in [6, 6.07) is 6.86. The summed E-state index contributed by atoms with van der Waals surface area (Å²) in [6.45, 7) is 1.82. The molecule has 1 amide bonds. The Bertz CT molecular complexity index is 653. The average molecular weight is 379 g/mol. The molecule has 0 unspecified atom stereocenters. The van der Waals surface area contributed by atoms with E-state index in [4.69, 9.17) is 5.11 Å². The van der Waals surface area contributed by atoms with Crippen LogP contribution in [0.4, 0.5) is 4.39 Å². The fourth-order valence-electron chi connectivity index (χ4n) is 3.82. The van der Waals surface area contributed by atoms with Crippen LogP contribution in [-0.2, 0) is 16.1 Å². The Labute approximate surface area is 160 Å². The van der Waals surface area contributed by atoms with Gasteiger partial charge in [-0.25, -0.2) is 4.39 Å². The van der Waals surface area contributed by atoms with E-state index in [-0.39, 0.29) is 36.6 Å². The summed E-state index contributed by atoms with van der Waals surface area (Å²) >= 11 is 0. The number of halogens is 1. The molecule has 1 saturated heterocycles. The summed E-state index contributed by atoms with van der Waals surface area (Å²) in [5, 5.41) is 8.99. The van der Waals surface area contributed by atoms with Gasteiger partial charge in [-0.15, -0.1) is 0 Å². The lowest BCUT2D eigenvalue weighted by Gasteiger charge is -2.42. The molecule has 1 aromatic carbocycles. The molecule has 7 heteroatoms. The van der Waals surface area contributed by atoms with E-state index in [0.29, 0.717) is 31.6 Å². The van der Waals surface area contributed by atoms with Crippen LogP contribution in [0.5, 0.6) is 0 Å². The van der Waals surface area contributed by atoms with Crippen molar-refractivity contribution in [2.75, 3.05) is 40.8 Å². The number of carbonyl (C=O) groups is 2. The highest BCUT2D eigenvalue weighted by molar-refractivity contribution is 5.78. The highest BCUT2D eigenvalue weighted by atomic mass is 19.1. The Morgan fingerprint density at radius 1 is 1.26 bits per heavy atom. The predicted octanol–water partition coefficient (Wildman–Crippen LogP) is 1.90. The molecular weight excluding hydrogens is 349 g/mol. The topological polar surface area (TPSA) is 64.1 Å². The average Bonchev–Trinajstić information content (AvgIpc) is 2.61. The van der Waals surface area contributed by atoms with Crippen LogP contribution < -0.4 is 0 Å². The lowest BCUT2D eigenvalue weighted by molar-refractivity contribution is -0.137. The summed E-state index contributed by atoms with van der Waals surface area (Å²) in [5.74, 6) is -0.921. The van der Waals surface area contributed by atoms with Crippen molar-refractivity contribution < 1.29 is 19.1 Å². The van der Waals surface area contributed by atoms with Gasteiger partial charge < -0.3 is 14.9 Å². The fourth-order valence-corrected chi connectivity index (χ4v) is 3.82. The smallest absolute Gasteiger partial charge is 0.303 e. The molecule has 1 fully saturated rings. The van der Waals surface area contributed by atoms with Crippen molar-refractivity contribution in [1.29, 1.82) is 0 Å². The standard InChI is InChI=1S/C20H30FN3O3/c1-22(2)18-10-11-24(13-16(18)8-9-20(26)27)19(25)14-23(3)12-15-6-4-5-7-17(15)21/h4-7,16,18H,8-14H2,1-3H3,(H,26,27)/t16-,18+/m0/s1. The first-order valence-corrected chi connectivity index (χ1v) is 9.36. The highest BCUT2D eigenvalue weighted by Crippen LogP contribution is 2.25. The van der Waals surface area contributed by atoms with Crippen LogP contribution in [0.1, 0.15) is 24.8 Å². The quantitative estimate of drug-likeness (QED) is 0.747. The third-order valence-electron chi connectivity index (χ3n) is 5.24. The van der Waals surface area contributed by atoms with Crippen molar-refractivity contribution in [2.45, 2.75) is 31.8 Å². The molecule has 0 saturated carbocycles. The molecule has 0 bridgehead atoms. The van der Waals surface area contributed by atoms with E-state index in [0.717, 1.165) is 6.42 Å². The summed E-state index contributed by atoms with van der Waals surface area (Å²) < 4.78 is 13.8. The number of likely N-dealkylation sites (tertiary alicyclic amines) is 1. The number of benzene rings is 1. The number of carboxylic acid groups (broad SMARTS) is 1. The lowest BCUT2D eigenvalue weighted by Crippen LogP contribution is -2.52. The van der Waals surface area contributed by atoms with Gasteiger partial charge >= 0.3 is 5.97 Å². The van der Waals surface area contributed by atoms with Gasteiger partial charge in [0.15, 0.2) is 0 Å². The maximum Gasteiger partial charge on any atom is 0.303 e. The van der Waals surface area contributed by atoms with Crippen LogP contribution in [0.25, 0.3) is 0 Å². The van der Waals surface area contributed by atoms with Crippen molar-refractivity contribution in [3.05, 3.63) is 35.6 Å². The molecule has 1 aromatic rings. The number of hydrogen-bond acceptors (Lipinski definition) is 4. The zero-order chi connectivity index (χ0) is 20.0. The second-order valence-electron chi connectivity index (χ2n) is 7.62. The molecule has 2 atom stereocenters. The van der Waals surface area contributed by atoms with Gasteiger partial charge in [-0.3, -0.25) is 14.5 Å². The normalized spacial score (nSPS) is 20.3. The van der Waals surface area contributed by atoms with Gasteiger partial charge in [0.05, 0.1) is 6.54 Å². The molecule has 1 aliphatic rings. The Kier molecular flexibility index (Phi) is 7.74. The van der Waals surface area contributed by atoms with E-state index in [2.05, 4.69) is 4.90 Å². The fraction of sp³-hybridized carbons (Fsp3) is 0.600. The van der Waals surface area contributed by atoms with Crippen LogP contribution >= 0.6 is 0 Å². The Morgan fingerprint density at radius 2 is 1.96 bits per heavy atom. The first kappa shape index (κ1) is 21.3. The van der Waals surface area contributed by atoms with Crippen molar-refractivity contribution in [3.63, 3.8) is 0 Å². The van der Waals surface area contributed by atoms with E-state index < -0.39 is 5.97 Å². The van der Waals surface area contributed by atoms with Crippen molar-refractivity contribution >= 4 is 11.9 Å². The molecule has 6 nitrogen and oxygen atoms in total. The molecule has 0 spiro atoms. The highest BCUT2D eigenvalue weighted by Gasteiger charge is 2.33. The molecule has 0 aromatic heterocycles. The third-order valence-corrected chi connectivity index (χ3v) is 5.24. The lowest BCUT2D eigenvalue weighted by atomic mass is 9.87. The minimum absolute atomic E-state index is 0.00590. The Morgan fingerprint density at radius 3 is 2.59 bits per heavy atom. The molecule has 1 heterocycles. The first-order valence-electron chi connectivity index (χ1n) is 9.36. The van der Waals surface area contributed by atoms with Crippen LogP contribution in [-0.4, -0.2) is 78.5 Å². The van der Waals surface area contributed by atoms with Crippen molar-refractivity contribution in [3.8, 4) is 0 Å². The van der Waals surface area contributed by atoms with E-state index in [1.54, 1.807) is 25.2 Å². The first-order chi connectivity index (χ1) is 12.8. The van der Waals surface area contributed by atoms with Crippen LogP contribution in [0, 0.1) is 11.7 Å². The summed E-state index contributed by atoms with van der Waals surface area (Å²) in [7, 11) is 5.80. The van der Waals surface area contributed by atoms with Crippen LogP contribution in [0.2, 0.25) is 0 Å². The maximum absolute atomic E-state index is 13.8. The van der Waals surface area contributed by atoms with Gasteiger partial charge in [-0.05, 0) is 46.0 Å². The van der Waals surface area contributed by atoms with Gasteiger partial charge in [-0.2, -0.15) is 0 Å². The second-order valence-corrected chi connectivity index (χ2v) is 7.62. The third kappa shape index (κ3) is 6.29. The molecule has 1 N–H and O–H groups in total. The number of amides is 1. The largest absolute Gasteiger partial charge is 0.481 e. The molecule has 150 valence electrons. The number of likely N-dealkylation sites (N-methyl/N-ethyl adjacent to an activating group) is 1. The van der Waals surface area contributed by atoms with E-state index in [9.17, 15) is 14.0 Å². The van der Waals surface area contributed by atoms with Gasteiger partial charge in [0, 0.05) is 37.7 Å². The van der Waals surface area contributed by atoms with Crippen LogP contribution in [0.3, 0.4) is 0 Å². The SMILES string of the molecule is CN(CC(=O)N1CC[C@@H](N(C)C)[C@@H](CCC(=O)O)C1)Cc1ccccc1F. The zero-order valence-electron chi connectivity index (χ0n) is 16.4. The summed E-state index contributed by atoms with van der Waals surface area (Å²) in [6.07, 6.45) is 1.51. The van der Waals surface area contributed by atoms with E-state index in [1.807, 2.05) is 23.9 Å². The molecule has 1 aliphatic heterocycles. The predicted molar refractivity (Wildman–Crippen MR) is 102 cm³/mol. The number of piperidine rings is 1. The maximum atomic E-state index is 13.8. The molecule has 27 heavy (non-hydrogen) atoms. The number of carbonyl (C=O) groups excluding carboxylic acids is 1. The Hall–Kier alpha value is -1.99. The number of rotatable bonds is 8. The van der Waals surface area contributed by atoms with E-state index >= 15 is 0 Å². The second kappa shape index (κ2) is 9.80. The summed E-state index contributed by atoms with van der Waals surface area (Å²) in [4.78, 5) is 29.4. The number of carboxylic acids is 1. The van der Waals surface area contributed by atoms with Gasteiger partial charge in [-0.1, -0.05) is 18.2 Å². The zero-order valence-corrected chi connectivity index (χ0v) is 16.4. The molecule has 0 radical (unpaired) electrons. The Balaban J connectivity index is 1.93. The minimum Gasteiger partial charge on any atom is -0.481 e.